The molecular formula is C13H19O4P. The molecule has 0 amide bonds. The molecule has 0 spiro atoms. The summed E-state index contributed by atoms with van der Waals surface area (Å²) in [5, 5.41) is 0. The number of carbonyl (C=O) groups excluding carboxylic acids is 1. The summed E-state index contributed by atoms with van der Waals surface area (Å²) in [4.78, 5) is 29.9. The van der Waals surface area contributed by atoms with E-state index in [1.54, 1.807) is 6.92 Å². The molecule has 2 N–H and O–H groups in total. The zero-order valence-electron chi connectivity index (χ0n) is 10.6. The normalized spacial score (nSPS) is 15.1. The Morgan fingerprint density at radius 3 is 2.28 bits per heavy atom. The lowest BCUT2D eigenvalue weighted by atomic mass is 9.98. The fourth-order valence-electron chi connectivity index (χ4n) is 1.80. The minimum Gasteiger partial charge on any atom is -0.324 e. The Labute approximate surface area is 107 Å². The lowest BCUT2D eigenvalue weighted by molar-refractivity contribution is -0.120. The van der Waals surface area contributed by atoms with Crippen LogP contribution in [-0.4, -0.2) is 21.2 Å². The first-order valence-corrected chi connectivity index (χ1v) is 7.58. The Kier molecular flexibility index (Phi) is 5.27. The zero-order valence-corrected chi connectivity index (χ0v) is 11.5. The van der Waals surface area contributed by atoms with Gasteiger partial charge in [0.05, 0.1) is 5.66 Å². The van der Waals surface area contributed by atoms with Crippen LogP contribution < -0.4 is 0 Å². The van der Waals surface area contributed by atoms with Crippen molar-refractivity contribution in [1.29, 1.82) is 0 Å². The summed E-state index contributed by atoms with van der Waals surface area (Å²) in [5.74, 6) is -0.368. The van der Waals surface area contributed by atoms with E-state index in [-0.39, 0.29) is 18.1 Å². The van der Waals surface area contributed by atoms with Crippen LogP contribution in [0.1, 0.15) is 25.8 Å². The van der Waals surface area contributed by atoms with E-state index in [4.69, 9.17) is 0 Å². The van der Waals surface area contributed by atoms with Crippen LogP contribution in [0.5, 0.6) is 0 Å². The smallest absolute Gasteiger partial charge is 0.324 e. The van der Waals surface area contributed by atoms with Crippen molar-refractivity contribution < 1.29 is 19.1 Å². The second kappa shape index (κ2) is 6.28. The van der Waals surface area contributed by atoms with Gasteiger partial charge in [-0.1, -0.05) is 37.3 Å². The van der Waals surface area contributed by atoms with Gasteiger partial charge < -0.3 is 9.79 Å². The van der Waals surface area contributed by atoms with Crippen molar-refractivity contribution in [3.05, 3.63) is 35.9 Å². The second-order valence-electron chi connectivity index (χ2n) is 4.68. The molecule has 100 valence electrons. The Balaban J connectivity index is 2.81. The lowest BCUT2D eigenvalue weighted by Gasteiger charge is -2.21. The Morgan fingerprint density at radius 2 is 1.83 bits per heavy atom. The van der Waals surface area contributed by atoms with Crippen molar-refractivity contribution in [3.8, 4) is 0 Å². The zero-order chi connectivity index (χ0) is 13.8. The van der Waals surface area contributed by atoms with E-state index < -0.39 is 13.3 Å². The molecule has 0 saturated heterocycles. The molecule has 0 heterocycles. The molecule has 0 bridgehead atoms. The van der Waals surface area contributed by atoms with Gasteiger partial charge in [-0.25, -0.2) is 0 Å². The maximum Gasteiger partial charge on any atom is 0.328 e. The molecule has 18 heavy (non-hydrogen) atoms. The molecule has 2 atom stereocenters. The average Bonchev–Trinajstić information content (AvgIpc) is 2.28. The summed E-state index contributed by atoms with van der Waals surface area (Å²) >= 11 is 0. The van der Waals surface area contributed by atoms with Gasteiger partial charge in [-0.3, -0.25) is 9.36 Å². The summed E-state index contributed by atoms with van der Waals surface area (Å²) in [5.41, 5.74) is 0.0837. The molecule has 2 unspecified atom stereocenters. The van der Waals surface area contributed by atoms with Crippen molar-refractivity contribution in [2.24, 2.45) is 5.92 Å². The summed E-state index contributed by atoms with van der Waals surface area (Å²) < 4.78 is 11.5. The van der Waals surface area contributed by atoms with Crippen LogP contribution in [-0.2, 0) is 15.8 Å². The fourth-order valence-corrected chi connectivity index (χ4v) is 2.84. The SMILES string of the molecule is CC(=O)C(C)CC(Cc1ccccc1)P(=O)(O)O. The van der Waals surface area contributed by atoms with Gasteiger partial charge in [-0.2, -0.15) is 0 Å². The van der Waals surface area contributed by atoms with E-state index in [0.717, 1.165) is 5.56 Å². The van der Waals surface area contributed by atoms with E-state index in [1.807, 2.05) is 30.3 Å². The van der Waals surface area contributed by atoms with E-state index in [9.17, 15) is 19.1 Å². The quantitative estimate of drug-likeness (QED) is 0.778. The van der Waals surface area contributed by atoms with Gasteiger partial charge >= 0.3 is 7.60 Å². The van der Waals surface area contributed by atoms with Crippen LogP contribution in [0.2, 0.25) is 0 Å². The molecule has 4 nitrogen and oxygen atoms in total. The number of carbonyl (C=O) groups is 1. The van der Waals surface area contributed by atoms with Gasteiger partial charge in [0.15, 0.2) is 0 Å². The van der Waals surface area contributed by atoms with Crippen molar-refractivity contribution in [3.63, 3.8) is 0 Å². The first-order valence-electron chi connectivity index (χ1n) is 5.90. The van der Waals surface area contributed by atoms with Crippen LogP contribution in [0.3, 0.4) is 0 Å². The van der Waals surface area contributed by atoms with Crippen molar-refractivity contribution in [1.82, 2.24) is 0 Å². The van der Waals surface area contributed by atoms with Crippen molar-refractivity contribution in [2.75, 3.05) is 0 Å². The van der Waals surface area contributed by atoms with Gasteiger partial charge in [0.2, 0.25) is 0 Å². The van der Waals surface area contributed by atoms with Crippen molar-refractivity contribution >= 4 is 13.4 Å². The molecule has 0 aromatic heterocycles. The van der Waals surface area contributed by atoms with Gasteiger partial charge in [-0.15, -0.1) is 0 Å². The Bertz CT molecular complexity index is 438. The highest BCUT2D eigenvalue weighted by Gasteiger charge is 2.31. The number of ketones is 1. The van der Waals surface area contributed by atoms with Crippen LogP contribution in [0.4, 0.5) is 0 Å². The van der Waals surface area contributed by atoms with E-state index in [2.05, 4.69) is 0 Å². The predicted octanol–water partition coefficient (Wildman–Crippen LogP) is 2.39. The van der Waals surface area contributed by atoms with Gasteiger partial charge in [0, 0.05) is 5.92 Å². The number of benzene rings is 1. The Hall–Kier alpha value is -0.960. The molecule has 1 aromatic carbocycles. The fraction of sp³-hybridized carbons (Fsp3) is 0.462. The van der Waals surface area contributed by atoms with Gasteiger partial charge in [0.25, 0.3) is 0 Å². The second-order valence-corrected chi connectivity index (χ2v) is 6.59. The number of hydrogen-bond acceptors (Lipinski definition) is 2. The molecule has 0 radical (unpaired) electrons. The van der Waals surface area contributed by atoms with E-state index in [0.29, 0.717) is 6.42 Å². The third kappa shape index (κ3) is 4.73. The topological polar surface area (TPSA) is 74.6 Å². The Morgan fingerprint density at radius 1 is 1.28 bits per heavy atom. The average molecular weight is 270 g/mol. The molecule has 5 heteroatoms. The third-order valence-corrected chi connectivity index (χ3v) is 4.45. The first-order chi connectivity index (χ1) is 8.30. The summed E-state index contributed by atoms with van der Waals surface area (Å²) in [6, 6.07) is 9.19. The third-order valence-electron chi connectivity index (χ3n) is 3.11. The highest BCUT2D eigenvalue weighted by molar-refractivity contribution is 7.52. The van der Waals surface area contributed by atoms with Gasteiger partial charge in [-0.05, 0) is 25.3 Å². The van der Waals surface area contributed by atoms with Crippen LogP contribution in [0.25, 0.3) is 0 Å². The molecule has 0 aliphatic rings. The van der Waals surface area contributed by atoms with E-state index in [1.165, 1.54) is 6.92 Å². The van der Waals surface area contributed by atoms with Crippen LogP contribution in [0.15, 0.2) is 30.3 Å². The molecule has 0 fully saturated rings. The lowest BCUT2D eigenvalue weighted by Crippen LogP contribution is -2.19. The monoisotopic (exact) mass is 270 g/mol. The molecule has 0 saturated carbocycles. The van der Waals surface area contributed by atoms with Gasteiger partial charge in [0.1, 0.15) is 5.78 Å². The number of Topliss-reactive ketones (excluding diaryl/α,β-unsaturated/α-hetero) is 1. The molecule has 1 rings (SSSR count). The largest absolute Gasteiger partial charge is 0.328 e. The summed E-state index contributed by atoms with van der Waals surface area (Å²) in [6.07, 6.45) is 0.511. The molecule has 1 aromatic rings. The van der Waals surface area contributed by atoms with Crippen LogP contribution >= 0.6 is 7.60 Å². The highest BCUT2D eigenvalue weighted by atomic mass is 31.2. The standard InChI is InChI=1S/C13H19O4P/c1-10(11(2)14)8-13(18(15,16)17)9-12-6-4-3-5-7-12/h3-7,10,13H,8-9H2,1-2H3,(H2,15,16,17). The minimum atomic E-state index is -4.19. The highest BCUT2D eigenvalue weighted by Crippen LogP contribution is 2.45. The molecule has 0 aliphatic heterocycles. The van der Waals surface area contributed by atoms with Crippen molar-refractivity contribution in [2.45, 2.75) is 32.3 Å². The maximum atomic E-state index is 11.5. The predicted molar refractivity (Wildman–Crippen MR) is 70.4 cm³/mol. The molecular weight excluding hydrogens is 251 g/mol. The maximum absolute atomic E-state index is 11.5. The summed E-state index contributed by atoms with van der Waals surface area (Å²) in [6.45, 7) is 3.15. The van der Waals surface area contributed by atoms with Crippen LogP contribution in [0, 0.1) is 5.92 Å². The molecule has 0 aliphatic carbocycles. The minimum absolute atomic E-state index is 0.0403. The first kappa shape index (κ1) is 15.1. The summed E-state index contributed by atoms with van der Waals surface area (Å²) in [7, 11) is -4.19. The number of hydrogen-bond donors (Lipinski definition) is 2. The number of rotatable bonds is 6. The van der Waals surface area contributed by atoms with E-state index >= 15 is 0 Å².